The predicted octanol–water partition coefficient (Wildman–Crippen LogP) is 2.70. The topological polar surface area (TPSA) is 145 Å². The Morgan fingerprint density at radius 3 is 2.39 bits per heavy atom. The Hall–Kier alpha value is -3.44. The van der Waals surface area contributed by atoms with Crippen LogP contribution in [-0.4, -0.2) is 51.3 Å². The van der Waals surface area contributed by atoms with Crippen molar-refractivity contribution >= 4 is 38.9 Å². The Kier molecular flexibility index (Phi) is 6.75. The number of allylic oxidation sites excluding steroid dienone is 1. The van der Waals surface area contributed by atoms with Crippen LogP contribution in [0.3, 0.4) is 0 Å². The number of ether oxygens (including phenoxy) is 1. The Morgan fingerprint density at radius 2 is 1.85 bits per heavy atom. The molecule has 0 saturated carbocycles. The van der Waals surface area contributed by atoms with E-state index < -0.39 is 32.6 Å². The van der Waals surface area contributed by atoms with Crippen LogP contribution < -0.4 is 5.73 Å². The van der Waals surface area contributed by atoms with Crippen molar-refractivity contribution in [2.45, 2.75) is 10.8 Å². The Balaban J connectivity index is 2.36. The molecule has 1 aliphatic heterocycles. The smallest absolute Gasteiger partial charge is 0.317 e. The van der Waals surface area contributed by atoms with Crippen molar-refractivity contribution in [1.29, 1.82) is 0 Å². The lowest BCUT2D eigenvalue weighted by Crippen LogP contribution is -2.44. The number of nitro groups is 1. The van der Waals surface area contributed by atoms with Gasteiger partial charge in [0.25, 0.3) is 5.69 Å². The van der Waals surface area contributed by atoms with Gasteiger partial charge in [0.2, 0.25) is 9.84 Å². The summed E-state index contributed by atoms with van der Waals surface area (Å²) in [5.41, 5.74) is 6.09. The second-order valence-corrected chi connectivity index (χ2v) is 9.76. The van der Waals surface area contributed by atoms with Crippen LogP contribution in [0.15, 0.2) is 69.1 Å². The van der Waals surface area contributed by atoms with E-state index in [0.717, 1.165) is 7.11 Å². The number of nitrogens with two attached hydrogens (primary N) is 1. The molecule has 0 radical (unpaired) electrons. The lowest BCUT2D eigenvalue weighted by atomic mass is 9.82. The molecule has 2 atom stereocenters. The SMILES string of the molecule is COC(=O)C1C(N(C)C)=NC(N)=C(S(=O)(=O)c2ccc(Cl)cc2)C1c1cccc([N+](=O)[O-])c1. The number of benzene rings is 2. The fraction of sp³-hybridized carbons (Fsp3) is 0.238. The van der Waals surface area contributed by atoms with Gasteiger partial charge in [0.1, 0.15) is 22.5 Å². The van der Waals surface area contributed by atoms with Gasteiger partial charge in [-0.05, 0) is 29.8 Å². The van der Waals surface area contributed by atoms with Crippen molar-refractivity contribution in [2.75, 3.05) is 21.2 Å². The van der Waals surface area contributed by atoms with E-state index in [2.05, 4.69) is 4.99 Å². The number of sulfone groups is 1. The highest BCUT2D eigenvalue weighted by molar-refractivity contribution is 7.95. The predicted molar refractivity (Wildman–Crippen MR) is 122 cm³/mol. The monoisotopic (exact) mass is 492 g/mol. The number of nitrogens with zero attached hydrogens (tertiary/aromatic N) is 3. The first-order valence-electron chi connectivity index (χ1n) is 9.57. The van der Waals surface area contributed by atoms with E-state index in [1.807, 2.05) is 0 Å². The molecule has 0 saturated heterocycles. The minimum Gasteiger partial charge on any atom is -0.468 e. The molecule has 33 heavy (non-hydrogen) atoms. The summed E-state index contributed by atoms with van der Waals surface area (Å²) in [6.07, 6.45) is 0. The highest BCUT2D eigenvalue weighted by Crippen LogP contribution is 2.44. The van der Waals surface area contributed by atoms with Gasteiger partial charge in [-0.3, -0.25) is 14.9 Å². The summed E-state index contributed by atoms with van der Waals surface area (Å²) in [6, 6.07) is 10.8. The van der Waals surface area contributed by atoms with E-state index >= 15 is 0 Å². The molecule has 10 nitrogen and oxygen atoms in total. The molecule has 0 spiro atoms. The number of carbonyl (C=O) groups excluding carboxylic acids is 1. The summed E-state index contributed by atoms with van der Waals surface area (Å²) in [4.78, 5) is 28.9. The lowest BCUT2D eigenvalue weighted by molar-refractivity contribution is -0.384. The number of nitro benzene ring substituents is 1. The summed E-state index contributed by atoms with van der Waals surface area (Å²) in [5.74, 6) is -3.39. The van der Waals surface area contributed by atoms with E-state index in [4.69, 9.17) is 22.1 Å². The summed E-state index contributed by atoms with van der Waals surface area (Å²) in [7, 11) is 0.105. The average Bonchev–Trinajstić information content (AvgIpc) is 2.77. The lowest BCUT2D eigenvalue weighted by Gasteiger charge is -2.34. The highest BCUT2D eigenvalue weighted by Gasteiger charge is 2.47. The number of amidine groups is 1. The van der Waals surface area contributed by atoms with Gasteiger partial charge in [0.05, 0.1) is 16.9 Å². The second-order valence-electron chi connectivity index (χ2n) is 7.40. The van der Waals surface area contributed by atoms with Crippen molar-refractivity contribution in [3.8, 4) is 0 Å². The molecule has 3 rings (SSSR count). The molecule has 2 aromatic rings. The van der Waals surface area contributed by atoms with Crippen LogP contribution in [0.1, 0.15) is 11.5 Å². The number of hydrogen-bond donors (Lipinski definition) is 1. The van der Waals surface area contributed by atoms with Crippen LogP contribution in [-0.2, 0) is 19.4 Å². The summed E-state index contributed by atoms with van der Waals surface area (Å²) >= 11 is 5.90. The van der Waals surface area contributed by atoms with Crippen molar-refractivity contribution < 1.29 is 22.9 Å². The minimum atomic E-state index is -4.29. The number of hydrogen-bond acceptors (Lipinski definition) is 9. The summed E-state index contributed by atoms with van der Waals surface area (Å²) in [6.45, 7) is 0. The molecular weight excluding hydrogens is 472 g/mol. The van der Waals surface area contributed by atoms with Gasteiger partial charge < -0.3 is 15.4 Å². The first kappa shape index (κ1) is 24.2. The highest BCUT2D eigenvalue weighted by atomic mass is 35.5. The van der Waals surface area contributed by atoms with Crippen LogP contribution >= 0.6 is 11.6 Å². The van der Waals surface area contributed by atoms with E-state index in [0.29, 0.717) is 5.02 Å². The third-order valence-corrected chi connectivity index (χ3v) is 7.34. The Bertz CT molecular complexity index is 1270. The van der Waals surface area contributed by atoms with E-state index in [-0.39, 0.29) is 32.7 Å². The molecule has 1 heterocycles. The minimum absolute atomic E-state index is 0.118. The molecule has 2 N–H and O–H groups in total. The third kappa shape index (κ3) is 4.55. The molecule has 0 aromatic heterocycles. The number of non-ortho nitro benzene ring substituents is 1. The van der Waals surface area contributed by atoms with Crippen LogP contribution in [0, 0.1) is 16.0 Å². The second kappa shape index (κ2) is 9.20. The maximum atomic E-state index is 13.7. The molecule has 0 aliphatic carbocycles. The van der Waals surface area contributed by atoms with Gasteiger partial charge in [-0.2, -0.15) is 0 Å². The number of carbonyl (C=O) groups is 1. The largest absolute Gasteiger partial charge is 0.468 e. The van der Waals surface area contributed by atoms with Crippen LogP contribution in [0.4, 0.5) is 5.69 Å². The van der Waals surface area contributed by atoms with Crippen LogP contribution in [0.25, 0.3) is 0 Å². The maximum absolute atomic E-state index is 13.7. The number of methoxy groups -OCH3 is 1. The van der Waals surface area contributed by atoms with Gasteiger partial charge >= 0.3 is 5.97 Å². The molecule has 1 aliphatic rings. The number of esters is 1. The standard InChI is InChI=1S/C21H21ClN4O6S/c1-25(2)20-17(21(27)32-3)16(12-5-4-6-14(11-12)26(28)29)18(19(23)24-20)33(30,31)15-9-7-13(22)8-10-15/h4-11,16-17H,23H2,1-3H3. The molecule has 0 amide bonds. The van der Waals surface area contributed by atoms with Gasteiger partial charge in [0, 0.05) is 37.2 Å². The molecule has 2 aromatic carbocycles. The maximum Gasteiger partial charge on any atom is 0.317 e. The Morgan fingerprint density at radius 1 is 1.21 bits per heavy atom. The third-order valence-electron chi connectivity index (χ3n) is 5.15. The Labute approximate surface area is 195 Å². The van der Waals surface area contributed by atoms with Gasteiger partial charge in [-0.1, -0.05) is 23.7 Å². The fourth-order valence-electron chi connectivity index (χ4n) is 3.68. The van der Waals surface area contributed by atoms with Crippen molar-refractivity contribution in [1.82, 2.24) is 4.90 Å². The zero-order valence-corrected chi connectivity index (χ0v) is 19.5. The molecule has 0 bridgehead atoms. The molecular formula is C21H21ClN4O6S. The molecule has 2 unspecified atom stereocenters. The van der Waals surface area contributed by atoms with Crippen LogP contribution in [0.2, 0.25) is 5.02 Å². The van der Waals surface area contributed by atoms with Crippen LogP contribution in [0.5, 0.6) is 0 Å². The zero-order valence-electron chi connectivity index (χ0n) is 17.9. The van der Waals surface area contributed by atoms with E-state index in [9.17, 15) is 23.3 Å². The fourth-order valence-corrected chi connectivity index (χ4v) is 5.48. The van der Waals surface area contributed by atoms with Gasteiger partial charge in [-0.15, -0.1) is 0 Å². The molecule has 0 fully saturated rings. The van der Waals surface area contributed by atoms with Crippen molar-refractivity contribution in [3.63, 3.8) is 0 Å². The molecule has 12 heteroatoms. The first-order chi connectivity index (χ1) is 15.5. The van der Waals surface area contributed by atoms with Gasteiger partial charge in [0.15, 0.2) is 0 Å². The summed E-state index contributed by atoms with van der Waals surface area (Å²) in [5, 5.41) is 11.7. The number of aliphatic imine (C=N–C) groups is 1. The van der Waals surface area contributed by atoms with Crippen molar-refractivity contribution in [3.05, 3.63) is 80.0 Å². The first-order valence-corrected chi connectivity index (χ1v) is 11.4. The number of halogens is 1. The summed E-state index contributed by atoms with van der Waals surface area (Å²) < 4.78 is 32.4. The average molecular weight is 493 g/mol. The molecule has 174 valence electrons. The van der Waals surface area contributed by atoms with E-state index in [1.165, 1.54) is 53.4 Å². The number of rotatable bonds is 5. The quantitative estimate of drug-likeness (QED) is 0.381. The van der Waals surface area contributed by atoms with Gasteiger partial charge in [-0.25, -0.2) is 13.4 Å². The van der Waals surface area contributed by atoms with E-state index in [1.54, 1.807) is 14.1 Å². The van der Waals surface area contributed by atoms with Crippen molar-refractivity contribution in [2.24, 2.45) is 16.6 Å². The normalized spacial score (nSPS) is 18.5. The zero-order chi connectivity index (χ0) is 24.5.